The Morgan fingerprint density at radius 2 is 2.00 bits per heavy atom. The van der Waals surface area contributed by atoms with Crippen LogP contribution in [0.1, 0.15) is 12.8 Å². The summed E-state index contributed by atoms with van der Waals surface area (Å²) in [5, 5.41) is 10.6. The molecule has 2 heterocycles. The van der Waals surface area contributed by atoms with E-state index >= 15 is 0 Å². The first-order chi connectivity index (χ1) is 13.2. The molecule has 0 atom stereocenters. The van der Waals surface area contributed by atoms with E-state index < -0.39 is 0 Å². The Morgan fingerprint density at radius 3 is 2.67 bits per heavy atom. The molecular formula is C19H20FN3O3S. The number of aliphatic hydroxyl groups is 1. The summed E-state index contributed by atoms with van der Waals surface area (Å²) >= 11 is 0.0741. The van der Waals surface area contributed by atoms with Crippen LogP contribution in [-0.2, 0) is 4.79 Å². The van der Waals surface area contributed by atoms with Gasteiger partial charge in [-0.1, -0.05) is 18.2 Å². The van der Waals surface area contributed by atoms with E-state index in [0.29, 0.717) is 17.2 Å². The Bertz CT molecular complexity index is 957. The quantitative estimate of drug-likeness (QED) is 0.688. The zero-order chi connectivity index (χ0) is 19.4. The molecule has 1 saturated carbocycles. The van der Waals surface area contributed by atoms with E-state index in [0.717, 1.165) is 36.5 Å². The molecule has 1 aromatic carbocycles. The number of amides is 1. The summed E-state index contributed by atoms with van der Waals surface area (Å²) in [5.74, 6) is 1.20. The number of carbonyl (C=O) groups excluding carboxylic acids is 1. The standard InChI is InChI=1S/C18H16FN3O2S.CH4O/c1-24-15-5-3-2-4-12(15)14-10-22(25-19)17-13(14)8-9-16(20-17)21-18(23)11-6-7-11;1-2/h2-5,8-11H,6-7H2,1H3,(H,20,21,23);2H,1H3. The first-order valence-electron chi connectivity index (χ1n) is 8.41. The van der Waals surface area contributed by atoms with Crippen LogP contribution in [0.2, 0.25) is 0 Å². The van der Waals surface area contributed by atoms with Crippen molar-refractivity contribution >= 4 is 35.1 Å². The Kier molecular flexibility index (Phi) is 5.98. The lowest BCUT2D eigenvalue weighted by Crippen LogP contribution is -2.14. The fourth-order valence-electron chi connectivity index (χ4n) is 2.85. The van der Waals surface area contributed by atoms with Crippen LogP contribution in [0.4, 0.5) is 9.70 Å². The average Bonchev–Trinajstić information content (AvgIpc) is 3.51. The summed E-state index contributed by atoms with van der Waals surface area (Å²) in [7, 11) is 2.60. The number of pyridine rings is 1. The van der Waals surface area contributed by atoms with Gasteiger partial charge in [0, 0.05) is 35.7 Å². The van der Waals surface area contributed by atoms with Crippen LogP contribution in [0.5, 0.6) is 5.75 Å². The maximum absolute atomic E-state index is 13.4. The molecule has 0 unspecified atom stereocenters. The molecule has 3 aromatic rings. The Hall–Kier alpha value is -2.58. The van der Waals surface area contributed by atoms with Crippen LogP contribution in [0.15, 0.2) is 42.6 Å². The number of hydrogen-bond donors (Lipinski definition) is 2. The molecule has 0 radical (unpaired) electrons. The number of nitrogens with one attached hydrogen (secondary N) is 1. The number of hydrogen-bond acceptors (Lipinski definition) is 5. The van der Waals surface area contributed by atoms with Crippen molar-refractivity contribution in [3.63, 3.8) is 0 Å². The van der Waals surface area contributed by atoms with Crippen molar-refractivity contribution in [3.05, 3.63) is 42.6 Å². The molecule has 2 aromatic heterocycles. The fraction of sp³-hybridized carbons (Fsp3) is 0.263. The van der Waals surface area contributed by atoms with Crippen LogP contribution in [0, 0.1) is 5.92 Å². The third-order valence-corrected chi connectivity index (χ3v) is 4.72. The Balaban J connectivity index is 0.00000102. The van der Waals surface area contributed by atoms with Gasteiger partial charge in [-0.2, -0.15) is 0 Å². The number of fused-ring (bicyclic) bond motifs is 1. The van der Waals surface area contributed by atoms with Gasteiger partial charge in [0.05, 0.1) is 7.11 Å². The zero-order valence-electron chi connectivity index (χ0n) is 15.0. The van der Waals surface area contributed by atoms with Crippen LogP contribution in [0.25, 0.3) is 22.2 Å². The SMILES string of the molecule is CO.COc1ccccc1-c1cn(SF)c2nc(NC(=O)C3CC3)ccc12. The molecule has 4 rings (SSSR count). The summed E-state index contributed by atoms with van der Waals surface area (Å²) in [6, 6.07) is 11.2. The molecule has 1 fully saturated rings. The van der Waals surface area contributed by atoms with Crippen molar-refractivity contribution in [2.45, 2.75) is 12.8 Å². The van der Waals surface area contributed by atoms with Crippen molar-refractivity contribution in [2.75, 3.05) is 19.5 Å². The van der Waals surface area contributed by atoms with Crippen molar-refractivity contribution < 1.29 is 18.5 Å². The number of halogens is 1. The molecule has 2 N–H and O–H groups in total. The number of benzene rings is 1. The molecule has 6 nitrogen and oxygen atoms in total. The lowest BCUT2D eigenvalue weighted by Gasteiger charge is -2.07. The van der Waals surface area contributed by atoms with Gasteiger partial charge < -0.3 is 15.2 Å². The molecule has 0 aliphatic heterocycles. The summed E-state index contributed by atoms with van der Waals surface area (Å²) in [6.45, 7) is 0. The highest BCUT2D eigenvalue weighted by atomic mass is 32.2. The van der Waals surface area contributed by atoms with Gasteiger partial charge in [-0.15, -0.1) is 3.89 Å². The van der Waals surface area contributed by atoms with Gasteiger partial charge >= 0.3 is 0 Å². The van der Waals surface area contributed by atoms with E-state index in [1.165, 1.54) is 3.97 Å². The molecule has 142 valence electrons. The molecule has 27 heavy (non-hydrogen) atoms. The molecule has 0 bridgehead atoms. The van der Waals surface area contributed by atoms with Crippen molar-refractivity contribution in [3.8, 4) is 16.9 Å². The van der Waals surface area contributed by atoms with Crippen LogP contribution in [-0.4, -0.2) is 34.2 Å². The van der Waals surface area contributed by atoms with E-state index in [-0.39, 0.29) is 24.2 Å². The predicted octanol–water partition coefficient (Wildman–Crippen LogP) is 4.05. The monoisotopic (exact) mass is 389 g/mol. The third kappa shape index (κ3) is 3.91. The van der Waals surface area contributed by atoms with Gasteiger partial charge in [0.2, 0.25) is 5.91 Å². The van der Waals surface area contributed by atoms with Crippen molar-refractivity contribution in [1.82, 2.24) is 8.96 Å². The van der Waals surface area contributed by atoms with Crippen molar-refractivity contribution in [2.24, 2.45) is 5.92 Å². The second-order valence-electron chi connectivity index (χ2n) is 5.97. The minimum atomic E-state index is -0.0252. The highest BCUT2D eigenvalue weighted by Crippen LogP contribution is 2.38. The summed E-state index contributed by atoms with van der Waals surface area (Å²) in [5.41, 5.74) is 2.14. The summed E-state index contributed by atoms with van der Waals surface area (Å²) < 4.78 is 20.2. The first-order valence-corrected chi connectivity index (χ1v) is 9.09. The number of rotatable bonds is 5. The molecule has 0 spiro atoms. The third-order valence-electron chi connectivity index (χ3n) is 4.29. The topological polar surface area (TPSA) is 76.4 Å². The van der Waals surface area contributed by atoms with E-state index in [1.807, 2.05) is 30.3 Å². The highest BCUT2D eigenvalue weighted by molar-refractivity contribution is 7.92. The average molecular weight is 389 g/mol. The number of carbonyl (C=O) groups is 1. The van der Waals surface area contributed by atoms with E-state index in [4.69, 9.17) is 9.84 Å². The number of methoxy groups -OCH3 is 1. The van der Waals surface area contributed by atoms with Gasteiger partial charge in [-0.3, -0.25) is 4.79 Å². The normalized spacial score (nSPS) is 13.0. The van der Waals surface area contributed by atoms with Gasteiger partial charge in [0.15, 0.2) is 18.0 Å². The minimum absolute atomic E-state index is 0.0252. The number of aromatic nitrogens is 2. The van der Waals surface area contributed by atoms with Gasteiger partial charge in [-0.05, 0) is 31.0 Å². The largest absolute Gasteiger partial charge is 0.496 e. The number of ether oxygens (including phenoxy) is 1. The zero-order valence-corrected chi connectivity index (χ0v) is 15.8. The molecule has 0 saturated heterocycles. The number of aliphatic hydroxyl groups excluding tert-OH is 1. The molecular weight excluding hydrogens is 369 g/mol. The molecule has 1 aliphatic rings. The Morgan fingerprint density at radius 1 is 1.26 bits per heavy atom. The lowest BCUT2D eigenvalue weighted by atomic mass is 10.0. The van der Waals surface area contributed by atoms with E-state index in [9.17, 15) is 8.68 Å². The predicted molar refractivity (Wildman–Crippen MR) is 105 cm³/mol. The first kappa shape index (κ1) is 19.2. The van der Waals surface area contributed by atoms with E-state index in [2.05, 4.69) is 10.3 Å². The Labute approximate surface area is 160 Å². The van der Waals surface area contributed by atoms with Gasteiger partial charge in [0.25, 0.3) is 0 Å². The van der Waals surface area contributed by atoms with Gasteiger partial charge in [0.1, 0.15) is 11.6 Å². The van der Waals surface area contributed by atoms with Crippen LogP contribution in [0.3, 0.4) is 0 Å². The smallest absolute Gasteiger partial charge is 0.228 e. The highest BCUT2D eigenvalue weighted by Gasteiger charge is 2.30. The summed E-state index contributed by atoms with van der Waals surface area (Å²) in [4.78, 5) is 16.3. The number of nitrogens with zero attached hydrogens (tertiary/aromatic N) is 2. The lowest BCUT2D eigenvalue weighted by molar-refractivity contribution is -0.117. The van der Waals surface area contributed by atoms with E-state index in [1.54, 1.807) is 19.4 Å². The molecule has 1 amide bonds. The molecule has 1 aliphatic carbocycles. The molecule has 8 heteroatoms. The number of anilines is 1. The van der Waals surface area contributed by atoms with Gasteiger partial charge in [-0.25, -0.2) is 8.96 Å². The van der Waals surface area contributed by atoms with Crippen molar-refractivity contribution in [1.29, 1.82) is 0 Å². The number of para-hydroxylation sites is 1. The van der Waals surface area contributed by atoms with Crippen LogP contribution < -0.4 is 10.1 Å². The summed E-state index contributed by atoms with van der Waals surface area (Å²) in [6.07, 6.45) is 3.53. The maximum atomic E-state index is 13.4. The second kappa shape index (κ2) is 8.41. The minimum Gasteiger partial charge on any atom is -0.496 e. The fourth-order valence-corrected chi connectivity index (χ4v) is 3.20. The second-order valence-corrected chi connectivity index (χ2v) is 6.50. The van der Waals surface area contributed by atoms with Crippen LogP contribution >= 0.6 is 12.3 Å². The maximum Gasteiger partial charge on any atom is 0.228 e.